The van der Waals surface area contributed by atoms with Gasteiger partial charge in [-0.05, 0) is 12.3 Å². The van der Waals surface area contributed by atoms with Crippen molar-refractivity contribution < 1.29 is 14.3 Å². The summed E-state index contributed by atoms with van der Waals surface area (Å²) in [5.74, 6) is -1.06. The van der Waals surface area contributed by atoms with Crippen molar-refractivity contribution in [1.82, 2.24) is 0 Å². The molecule has 0 heterocycles. The van der Waals surface area contributed by atoms with Gasteiger partial charge in [-0.3, -0.25) is 9.59 Å². The maximum atomic E-state index is 11.2. The highest BCUT2D eigenvalue weighted by Gasteiger charge is 2.38. The van der Waals surface area contributed by atoms with Gasteiger partial charge in [0.25, 0.3) is 0 Å². The van der Waals surface area contributed by atoms with Crippen molar-refractivity contribution in [1.29, 1.82) is 0 Å². The first-order chi connectivity index (χ1) is 5.70. The molecule has 1 rings (SSSR count). The van der Waals surface area contributed by atoms with Gasteiger partial charge in [0.1, 0.15) is 11.7 Å². The van der Waals surface area contributed by atoms with Crippen molar-refractivity contribution in [3.8, 4) is 0 Å². The summed E-state index contributed by atoms with van der Waals surface area (Å²) in [7, 11) is 1.30. The smallest absolute Gasteiger partial charge is 0.316 e. The Labute approximate surface area is 71.4 Å². The van der Waals surface area contributed by atoms with E-state index in [1.165, 1.54) is 7.11 Å². The highest BCUT2D eigenvalue weighted by molar-refractivity contribution is 6.01. The number of ether oxygens (including phenoxy) is 1. The van der Waals surface area contributed by atoms with Gasteiger partial charge in [0, 0.05) is 6.42 Å². The Balaban J connectivity index is 2.76. The fourth-order valence-corrected chi connectivity index (χ4v) is 1.56. The summed E-state index contributed by atoms with van der Waals surface area (Å²) in [5, 5.41) is 0. The van der Waals surface area contributed by atoms with Crippen LogP contribution < -0.4 is 0 Å². The second-order valence-electron chi connectivity index (χ2n) is 2.91. The summed E-state index contributed by atoms with van der Waals surface area (Å²) >= 11 is 0. The monoisotopic (exact) mass is 168 g/mol. The van der Waals surface area contributed by atoms with Crippen LogP contribution in [-0.2, 0) is 14.3 Å². The van der Waals surface area contributed by atoms with Crippen molar-refractivity contribution in [2.45, 2.75) is 12.8 Å². The van der Waals surface area contributed by atoms with E-state index in [4.69, 9.17) is 0 Å². The van der Waals surface area contributed by atoms with Crippen LogP contribution in [0.1, 0.15) is 12.8 Å². The Bertz CT molecular complexity index is 220. The fraction of sp³-hybridized carbons (Fsp3) is 0.556. The molecule has 2 atom stereocenters. The van der Waals surface area contributed by atoms with Crippen LogP contribution >= 0.6 is 0 Å². The Kier molecular flexibility index (Phi) is 2.63. The van der Waals surface area contributed by atoms with E-state index in [2.05, 4.69) is 11.3 Å². The lowest BCUT2D eigenvalue weighted by molar-refractivity contribution is -0.149. The summed E-state index contributed by atoms with van der Waals surface area (Å²) in [5.41, 5.74) is 0. The van der Waals surface area contributed by atoms with E-state index in [9.17, 15) is 9.59 Å². The lowest BCUT2D eigenvalue weighted by Crippen LogP contribution is -2.24. The number of methoxy groups -OCH3 is 1. The molecule has 0 aromatic heterocycles. The molecule has 0 saturated heterocycles. The molecule has 1 fully saturated rings. The Morgan fingerprint density at radius 2 is 2.42 bits per heavy atom. The van der Waals surface area contributed by atoms with E-state index in [0.29, 0.717) is 6.42 Å². The number of esters is 1. The van der Waals surface area contributed by atoms with E-state index in [0.717, 1.165) is 6.42 Å². The molecule has 0 bridgehead atoms. The van der Waals surface area contributed by atoms with E-state index in [-0.39, 0.29) is 11.7 Å². The van der Waals surface area contributed by atoms with Crippen LogP contribution in [0.4, 0.5) is 0 Å². The van der Waals surface area contributed by atoms with Gasteiger partial charge in [-0.2, -0.15) is 0 Å². The van der Waals surface area contributed by atoms with Gasteiger partial charge in [-0.25, -0.2) is 0 Å². The van der Waals surface area contributed by atoms with Crippen molar-refractivity contribution >= 4 is 11.8 Å². The van der Waals surface area contributed by atoms with Gasteiger partial charge in [0.2, 0.25) is 0 Å². The maximum absolute atomic E-state index is 11.2. The molecule has 3 nitrogen and oxygen atoms in total. The van der Waals surface area contributed by atoms with Gasteiger partial charge >= 0.3 is 5.97 Å². The molecule has 0 aromatic rings. The van der Waals surface area contributed by atoms with Crippen LogP contribution in [0.5, 0.6) is 0 Å². The minimum Gasteiger partial charge on any atom is -0.468 e. The first-order valence-electron chi connectivity index (χ1n) is 3.93. The van der Waals surface area contributed by atoms with Gasteiger partial charge in [-0.1, -0.05) is 6.08 Å². The fourth-order valence-electron chi connectivity index (χ4n) is 1.56. The van der Waals surface area contributed by atoms with E-state index in [1.54, 1.807) is 6.08 Å². The molecule has 0 aromatic carbocycles. The number of hydrogen-bond acceptors (Lipinski definition) is 3. The van der Waals surface area contributed by atoms with E-state index >= 15 is 0 Å². The van der Waals surface area contributed by atoms with Crippen molar-refractivity contribution in [2.75, 3.05) is 7.11 Å². The number of ketones is 1. The minimum absolute atomic E-state index is 0.0215. The molecular formula is C9H12O3. The molecule has 1 aliphatic rings. The number of carbonyl (C=O) groups excluding carboxylic acids is 2. The number of hydrogen-bond donors (Lipinski definition) is 0. The number of rotatable bonds is 2. The first kappa shape index (κ1) is 8.97. The third kappa shape index (κ3) is 1.40. The van der Waals surface area contributed by atoms with Crippen LogP contribution in [-0.4, -0.2) is 18.9 Å². The topological polar surface area (TPSA) is 43.4 Å². The highest BCUT2D eigenvalue weighted by Crippen LogP contribution is 2.30. The predicted molar refractivity (Wildman–Crippen MR) is 43.4 cm³/mol. The Morgan fingerprint density at radius 3 is 2.92 bits per heavy atom. The quantitative estimate of drug-likeness (QED) is 0.350. The molecule has 0 N–H and O–H groups in total. The van der Waals surface area contributed by atoms with Crippen molar-refractivity contribution in [3.63, 3.8) is 0 Å². The maximum Gasteiger partial charge on any atom is 0.316 e. The zero-order valence-corrected chi connectivity index (χ0v) is 7.08. The van der Waals surface area contributed by atoms with Crippen molar-refractivity contribution in [2.24, 2.45) is 11.8 Å². The second kappa shape index (κ2) is 3.52. The molecule has 0 amide bonds. The average Bonchev–Trinajstić information content (AvgIpc) is 2.45. The Morgan fingerprint density at radius 1 is 1.75 bits per heavy atom. The number of carbonyl (C=O) groups is 2. The van der Waals surface area contributed by atoms with E-state index in [1.807, 2.05) is 0 Å². The Hall–Kier alpha value is -1.12. The predicted octanol–water partition coefficient (Wildman–Crippen LogP) is 0.941. The third-order valence-corrected chi connectivity index (χ3v) is 2.26. The van der Waals surface area contributed by atoms with Gasteiger partial charge in [0.15, 0.2) is 0 Å². The van der Waals surface area contributed by atoms with Gasteiger partial charge < -0.3 is 4.74 Å². The zero-order valence-electron chi connectivity index (χ0n) is 7.08. The summed E-state index contributed by atoms with van der Waals surface area (Å²) in [6.45, 7) is 3.58. The summed E-state index contributed by atoms with van der Waals surface area (Å²) in [4.78, 5) is 22.3. The lowest BCUT2D eigenvalue weighted by atomic mass is 9.96. The van der Waals surface area contributed by atoms with Gasteiger partial charge in [0.05, 0.1) is 7.11 Å². The van der Waals surface area contributed by atoms with Crippen LogP contribution in [0, 0.1) is 11.8 Å². The molecule has 1 saturated carbocycles. The van der Waals surface area contributed by atoms with Crippen LogP contribution in [0.3, 0.4) is 0 Å². The average molecular weight is 168 g/mol. The van der Waals surface area contributed by atoms with Gasteiger partial charge in [-0.15, -0.1) is 6.58 Å². The lowest BCUT2D eigenvalue weighted by Gasteiger charge is -2.10. The molecule has 0 unspecified atom stereocenters. The first-order valence-corrected chi connectivity index (χ1v) is 3.93. The van der Waals surface area contributed by atoms with Crippen LogP contribution in [0.2, 0.25) is 0 Å². The minimum atomic E-state index is -0.590. The molecule has 1 aliphatic carbocycles. The van der Waals surface area contributed by atoms with Crippen LogP contribution in [0.25, 0.3) is 0 Å². The molecule has 0 aliphatic heterocycles. The number of Topliss-reactive ketones (excluding diaryl/α,β-unsaturated/α-hetero) is 1. The van der Waals surface area contributed by atoms with E-state index < -0.39 is 11.9 Å². The van der Waals surface area contributed by atoms with Crippen molar-refractivity contribution in [3.05, 3.63) is 12.7 Å². The molecule has 12 heavy (non-hydrogen) atoms. The molecule has 0 radical (unpaired) electrons. The number of allylic oxidation sites excluding steroid dienone is 1. The molecular weight excluding hydrogens is 156 g/mol. The summed E-state index contributed by atoms with van der Waals surface area (Å²) < 4.78 is 4.53. The molecule has 0 spiro atoms. The summed E-state index contributed by atoms with van der Waals surface area (Å²) in [6, 6.07) is 0. The summed E-state index contributed by atoms with van der Waals surface area (Å²) in [6.07, 6.45) is 2.85. The molecule has 3 heteroatoms. The SMILES string of the molecule is C=C[C@@H]1CCC(=O)[C@H]1C(=O)OC. The molecule has 66 valence electrons. The zero-order chi connectivity index (χ0) is 9.14. The van der Waals surface area contributed by atoms with Crippen LogP contribution in [0.15, 0.2) is 12.7 Å². The largest absolute Gasteiger partial charge is 0.468 e. The highest BCUT2D eigenvalue weighted by atomic mass is 16.5. The third-order valence-electron chi connectivity index (χ3n) is 2.26. The normalized spacial score (nSPS) is 28.6. The standard InChI is InChI=1S/C9H12O3/c1-3-6-4-5-7(10)8(6)9(11)12-2/h3,6,8H,1,4-5H2,2H3/t6-,8+/m1/s1. The second-order valence-corrected chi connectivity index (χ2v) is 2.91.